The normalized spacial score (nSPS) is 18.4. The Hall–Kier alpha value is -0.390. The molecule has 1 aliphatic heterocycles. The van der Waals surface area contributed by atoms with Crippen molar-refractivity contribution in [3.63, 3.8) is 0 Å². The minimum Gasteiger partial charge on any atom is -0.316 e. The van der Waals surface area contributed by atoms with Gasteiger partial charge in [-0.1, -0.05) is 39.3 Å². The van der Waals surface area contributed by atoms with Gasteiger partial charge >= 0.3 is 0 Å². The molecule has 0 fully saturated rings. The van der Waals surface area contributed by atoms with E-state index in [1.807, 2.05) is 0 Å². The van der Waals surface area contributed by atoms with Crippen LogP contribution in [0.15, 0.2) is 11.6 Å². The fourth-order valence-corrected chi connectivity index (χ4v) is 3.55. The Balaban J connectivity index is 2.52. The van der Waals surface area contributed by atoms with Gasteiger partial charge in [0.05, 0.1) is 5.75 Å². The molecular formula is C14H28N2O2S. The van der Waals surface area contributed by atoms with Crippen LogP contribution in [0.1, 0.15) is 40.5 Å². The molecule has 1 aliphatic rings. The van der Waals surface area contributed by atoms with Gasteiger partial charge in [-0.2, -0.15) is 4.31 Å². The number of nitrogens with one attached hydrogen (secondary N) is 1. The molecule has 0 bridgehead atoms. The minimum absolute atomic E-state index is 0.151. The first-order valence-corrected chi connectivity index (χ1v) is 8.76. The highest BCUT2D eigenvalue weighted by Gasteiger charge is 2.27. The molecular weight excluding hydrogens is 260 g/mol. The van der Waals surface area contributed by atoms with Gasteiger partial charge in [-0.15, -0.1) is 0 Å². The third-order valence-electron chi connectivity index (χ3n) is 3.49. The van der Waals surface area contributed by atoms with Gasteiger partial charge in [0.1, 0.15) is 0 Å². The van der Waals surface area contributed by atoms with Gasteiger partial charge in [0.15, 0.2) is 0 Å². The average Bonchev–Trinajstić information content (AvgIpc) is 2.34. The molecule has 1 N–H and O–H groups in total. The maximum Gasteiger partial charge on any atom is 0.215 e. The molecule has 0 saturated heterocycles. The molecule has 0 aromatic carbocycles. The van der Waals surface area contributed by atoms with E-state index in [-0.39, 0.29) is 11.2 Å². The summed E-state index contributed by atoms with van der Waals surface area (Å²) in [5.74, 6) is 0.200. The number of nitrogens with zero attached hydrogens (tertiary/aromatic N) is 1. The second-order valence-corrected chi connectivity index (χ2v) is 8.24. The quantitative estimate of drug-likeness (QED) is 0.601. The van der Waals surface area contributed by atoms with Crippen molar-refractivity contribution in [3.8, 4) is 0 Å². The first-order valence-electron chi connectivity index (χ1n) is 7.15. The first-order chi connectivity index (χ1) is 8.77. The molecule has 0 atom stereocenters. The third-order valence-corrected chi connectivity index (χ3v) is 5.33. The van der Waals surface area contributed by atoms with Gasteiger partial charge in [0.25, 0.3) is 0 Å². The van der Waals surface area contributed by atoms with Gasteiger partial charge in [-0.05, 0) is 24.8 Å². The first kappa shape index (κ1) is 16.7. The summed E-state index contributed by atoms with van der Waals surface area (Å²) in [5.41, 5.74) is 1.52. The van der Waals surface area contributed by atoms with Crippen LogP contribution in [0.4, 0.5) is 0 Å². The smallest absolute Gasteiger partial charge is 0.215 e. The molecule has 0 radical (unpaired) electrons. The molecule has 0 aromatic heterocycles. The Kier molecular flexibility index (Phi) is 6.02. The predicted octanol–water partition coefficient (Wildman–Crippen LogP) is 1.99. The summed E-state index contributed by atoms with van der Waals surface area (Å²) in [7, 11) is -3.11. The van der Waals surface area contributed by atoms with E-state index in [1.54, 1.807) is 4.31 Å². The summed E-state index contributed by atoms with van der Waals surface area (Å²) < 4.78 is 25.9. The van der Waals surface area contributed by atoms with Crippen LogP contribution in [0.5, 0.6) is 0 Å². The largest absolute Gasteiger partial charge is 0.316 e. The molecule has 0 amide bonds. The molecule has 112 valence electrons. The van der Waals surface area contributed by atoms with E-state index in [1.165, 1.54) is 5.57 Å². The topological polar surface area (TPSA) is 49.4 Å². The van der Waals surface area contributed by atoms with Gasteiger partial charge in [0, 0.05) is 19.6 Å². The highest BCUT2D eigenvalue weighted by molar-refractivity contribution is 7.89. The summed E-state index contributed by atoms with van der Waals surface area (Å²) in [6.45, 7) is 11.2. The lowest BCUT2D eigenvalue weighted by molar-refractivity contribution is 0.389. The van der Waals surface area contributed by atoms with Crippen LogP contribution in [0.3, 0.4) is 0 Å². The van der Waals surface area contributed by atoms with Crippen molar-refractivity contribution < 1.29 is 8.42 Å². The predicted molar refractivity (Wildman–Crippen MR) is 80.7 cm³/mol. The lowest BCUT2D eigenvalue weighted by atomic mass is 9.83. The van der Waals surface area contributed by atoms with Crippen molar-refractivity contribution in [2.45, 2.75) is 40.5 Å². The molecule has 0 saturated carbocycles. The molecule has 0 unspecified atom stereocenters. The van der Waals surface area contributed by atoms with Crippen LogP contribution in [-0.4, -0.2) is 44.7 Å². The van der Waals surface area contributed by atoms with Gasteiger partial charge in [-0.25, -0.2) is 8.42 Å². The summed E-state index contributed by atoms with van der Waals surface area (Å²) in [6.07, 6.45) is 3.97. The summed E-state index contributed by atoms with van der Waals surface area (Å²) in [4.78, 5) is 0. The zero-order valence-corrected chi connectivity index (χ0v) is 13.5. The van der Waals surface area contributed by atoms with Crippen molar-refractivity contribution in [2.24, 2.45) is 5.41 Å². The molecule has 1 rings (SSSR count). The fourth-order valence-electron chi connectivity index (χ4n) is 2.22. The van der Waals surface area contributed by atoms with E-state index in [9.17, 15) is 8.42 Å². The molecule has 0 aliphatic carbocycles. The molecule has 1 heterocycles. The average molecular weight is 288 g/mol. The van der Waals surface area contributed by atoms with Gasteiger partial charge < -0.3 is 5.32 Å². The van der Waals surface area contributed by atoms with E-state index in [0.29, 0.717) is 19.6 Å². The molecule has 4 nitrogen and oxygen atoms in total. The monoisotopic (exact) mass is 288 g/mol. The highest BCUT2D eigenvalue weighted by Crippen LogP contribution is 2.30. The Labute approximate surface area is 118 Å². The number of hydrogen-bond acceptors (Lipinski definition) is 3. The van der Waals surface area contributed by atoms with Crippen molar-refractivity contribution in [3.05, 3.63) is 11.6 Å². The van der Waals surface area contributed by atoms with E-state index in [2.05, 4.69) is 39.1 Å². The van der Waals surface area contributed by atoms with Gasteiger partial charge in [0.2, 0.25) is 10.0 Å². The standard InChI is InChI=1S/C14H28N2O2S/c1-5-8-15-9-12-19(17,18)16-10-6-13(7-11-16)14(2,3)4/h6,15H,5,7-12H2,1-4H3. The van der Waals surface area contributed by atoms with E-state index < -0.39 is 10.0 Å². The summed E-state index contributed by atoms with van der Waals surface area (Å²) in [5, 5.41) is 3.14. The third kappa shape index (κ3) is 5.24. The van der Waals surface area contributed by atoms with E-state index in [4.69, 9.17) is 0 Å². The van der Waals surface area contributed by atoms with E-state index in [0.717, 1.165) is 19.4 Å². The maximum absolute atomic E-state index is 12.2. The van der Waals surface area contributed by atoms with Crippen LogP contribution in [0.2, 0.25) is 0 Å². The zero-order chi connectivity index (χ0) is 14.5. The van der Waals surface area contributed by atoms with Crippen LogP contribution in [0, 0.1) is 5.41 Å². The van der Waals surface area contributed by atoms with Gasteiger partial charge in [-0.3, -0.25) is 0 Å². The fraction of sp³-hybridized carbons (Fsp3) is 0.857. The summed E-state index contributed by atoms with van der Waals surface area (Å²) >= 11 is 0. The van der Waals surface area contributed by atoms with Crippen molar-refractivity contribution in [2.75, 3.05) is 31.9 Å². The Morgan fingerprint density at radius 2 is 2.00 bits per heavy atom. The molecule has 0 spiro atoms. The second kappa shape index (κ2) is 6.86. The van der Waals surface area contributed by atoms with Crippen LogP contribution < -0.4 is 5.32 Å². The number of hydrogen-bond donors (Lipinski definition) is 1. The highest BCUT2D eigenvalue weighted by atomic mass is 32.2. The number of sulfonamides is 1. The lowest BCUT2D eigenvalue weighted by Gasteiger charge is -2.31. The van der Waals surface area contributed by atoms with E-state index >= 15 is 0 Å². The van der Waals surface area contributed by atoms with Crippen LogP contribution in [-0.2, 0) is 10.0 Å². The second-order valence-electron chi connectivity index (χ2n) is 6.15. The van der Waals surface area contributed by atoms with Crippen LogP contribution >= 0.6 is 0 Å². The summed E-state index contributed by atoms with van der Waals surface area (Å²) in [6, 6.07) is 0. The molecule has 5 heteroatoms. The molecule has 19 heavy (non-hydrogen) atoms. The van der Waals surface area contributed by atoms with Crippen molar-refractivity contribution in [1.29, 1.82) is 0 Å². The Bertz CT molecular complexity index is 408. The van der Waals surface area contributed by atoms with Crippen molar-refractivity contribution in [1.82, 2.24) is 9.62 Å². The zero-order valence-electron chi connectivity index (χ0n) is 12.7. The minimum atomic E-state index is -3.11. The lowest BCUT2D eigenvalue weighted by Crippen LogP contribution is -2.40. The number of rotatable bonds is 6. The SMILES string of the molecule is CCCNCCS(=O)(=O)N1CC=C(C(C)(C)C)CC1. The molecule has 0 aromatic rings. The Morgan fingerprint density at radius 3 is 2.47 bits per heavy atom. The maximum atomic E-state index is 12.2. The van der Waals surface area contributed by atoms with Crippen LogP contribution in [0.25, 0.3) is 0 Å². The van der Waals surface area contributed by atoms with Crippen molar-refractivity contribution >= 4 is 10.0 Å². The Morgan fingerprint density at radius 1 is 1.32 bits per heavy atom.